The van der Waals surface area contributed by atoms with Crippen LogP contribution in [0.2, 0.25) is 0 Å². The highest BCUT2D eigenvalue weighted by atomic mass is 79.9. The standard InChI is InChI=1S/C10H8BrNO2/c1-7-2-3-8(6-9(7)13)12-10(14)4-5-11/h2-3,6,13H,1H3,(H,12,14). The number of phenolic OH excluding ortho intramolecular Hbond substituents is 1. The van der Waals surface area contributed by atoms with Crippen molar-refractivity contribution in [2.45, 2.75) is 6.92 Å². The number of carbonyl (C=O) groups is 1. The molecule has 1 rings (SSSR count). The summed E-state index contributed by atoms with van der Waals surface area (Å²) in [6.07, 6.45) is 0. The van der Waals surface area contributed by atoms with Crippen LogP contribution in [0.3, 0.4) is 0 Å². The first-order chi connectivity index (χ1) is 6.63. The lowest BCUT2D eigenvalue weighted by atomic mass is 10.2. The van der Waals surface area contributed by atoms with Crippen molar-refractivity contribution in [3.63, 3.8) is 0 Å². The Morgan fingerprint density at radius 1 is 1.57 bits per heavy atom. The van der Waals surface area contributed by atoms with Crippen LogP contribution in [0.15, 0.2) is 18.2 Å². The van der Waals surface area contributed by atoms with E-state index in [0.29, 0.717) is 5.69 Å². The van der Waals surface area contributed by atoms with Gasteiger partial charge in [0.15, 0.2) is 0 Å². The van der Waals surface area contributed by atoms with Gasteiger partial charge in [0.25, 0.3) is 0 Å². The van der Waals surface area contributed by atoms with E-state index in [2.05, 4.69) is 32.0 Å². The highest BCUT2D eigenvalue weighted by Crippen LogP contribution is 2.20. The van der Waals surface area contributed by atoms with Crippen molar-refractivity contribution in [2.75, 3.05) is 5.32 Å². The van der Waals surface area contributed by atoms with E-state index >= 15 is 0 Å². The number of carbonyl (C=O) groups excluding carboxylic acids is 1. The molecule has 0 aliphatic rings. The van der Waals surface area contributed by atoms with Crippen LogP contribution in [0, 0.1) is 17.7 Å². The quantitative estimate of drug-likeness (QED) is 0.753. The SMILES string of the molecule is Cc1ccc(NC(=O)C#CBr)cc1O. The number of amides is 1. The summed E-state index contributed by atoms with van der Waals surface area (Å²) in [5.41, 5.74) is 1.28. The van der Waals surface area contributed by atoms with Gasteiger partial charge in [0.2, 0.25) is 0 Å². The van der Waals surface area contributed by atoms with E-state index in [1.54, 1.807) is 19.1 Å². The lowest BCUT2D eigenvalue weighted by Crippen LogP contribution is -2.07. The fourth-order valence-corrected chi connectivity index (χ4v) is 1.07. The molecule has 0 heterocycles. The highest BCUT2D eigenvalue weighted by Gasteiger charge is 2.00. The topological polar surface area (TPSA) is 49.3 Å². The van der Waals surface area contributed by atoms with Crippen molar-refractivity contribution in [3.05, 3.63) is 23.8 Å². The van der Waals surface area contributed by atoms with Gasteiger partial charge in [0.1, 0.15) is 5.75 Å². The molecule has 0 atom stereocenters. The van der Waals surface area contributed by atoms with Crippen molar-refractivity contribution in [1.29, 1.82) is 0 Å². The molecule has 0 spiro atoms. The maximum absolute atomic E-state index is 11.0. The van der Waals surface area contributed by atoms with Crippen molar-refractivity contribution >= 4 is 27.5 Å². The van der Waals surface area contributed by atoms with Crippen LogP contribution in [0.5, 0.6) is 5.75 Å². The first kappa shape index (κ1) is 10.6. The summed E-state index contributed by atoms with van der Waals surface area (Å²) < 4.78 is 0. The second kappa shape index (κ2) is 4.68. The summed E-state index contributed by atoms with van der Waals surface area (Å²) in [4.78, 5) is 13.3. The molecule has 0 bridgehead atoms. The molecule has 0 saturated heterocycles. The third-order valence-corrected chi connectivity index (χ3v) is 1.83. The predicted molar refractivity (Wildman–Crippen MR) is 58.2 cm³/mol. The van der Waals surface area contributed by atoms with E-state index in [-0.39, 0.29) is 5.75 Å². The number of phenols is 1. The first-order valence-electron chi connectivity index (χ1n) is 3.85. The maximum Gasteiger partial charge on any atom is 0.301 e. The van der Waals surface area contributed by atoms with Crippen LogP contribution in [0.25, 0.3) is 0 Å². The van der Waals surface area contributed by atoms with Gasteiger partial charge < -0.3 is 10.4 Å². The average molecular weight is 254 g/mol. The molecule has 4 heteroatoms. The van der Waals surface area contributed by atoms with E-state index in [9.17, 15) is 9.90 Å². The molecule has 0 aromatic heterocycles. The normalized spacial score (nSPS) is 8.71. The summed E-state index contributed by atoms with van der Waals surface area (Å²) in [5, 5.41) is 11.9. The van der Waals surface area contributed by atoms with Crippen LogP contribution < -0.4 is 5.32 Å². The van der Waals surface area contributed by atoms with Crippen LogP contribution >= 0.6 is 15.9 Å². The highest BCUT2D eigenvalue weighted by molar-refractivity contribution is 9.12. The molecule has 0 saturated carbocycles. The number of hydrogen-bond donors (Lipinski definition) is 2. The minimum absolute atomic E-state index is 0.148. The Bertz CT molecular complexity index is 418. The van der Waals surface area contributed by atoms with Crippen molar-refractivity contribution in [2.24, 2.45) is 0 Å². The number of halogens is 1. The van der Waals surface area contributed by atoms with Crippen molar-refractivity contribution in [3.8, 4) is 16.5 Å². The molecule has 0 unspecified atom stereocenters. The fraction of sp³-hybridized carbons (Fsp3) is 0.100. The third-order valence-electron chi connectivity index (χ3n) is 1.63. The molecule has 0 fully saturated rings. The lowest BCUT2D eigenvalue weighted by molar-refractivity contribution is -0.111. The van der Waals surface area contributed by atoms with E-state index in [1.165, 1.54) is 6.07 Å². The second-order valence-corrected chi connectivity index (χ2v) is 3.07. The van der Waals surface area contributed by atoms with E-state index in [0.717, 1.165) is 5.56 Å². The molecule has 72 valence electrons. The molecule has 2 N–H and O–H groups in total. The Morgan fingerprint density at radius 2 is 2.29 bits per heavy atom. The van der Waals surface area contributed by atoms with Gasteiger partial charge in [-0.15, -0.1) is 0 Å². The average Bonchev–Trinajstić information content (AvgIpc) is 2.12. The Hall–Kier alpha value is -1.47. The first-order valence-corrected chi connectivity index (χ1v) is 4.65. The number of anilines is 1. The summed E-state index contributed by atoms with van der Waals surface area (Å²) >= 11 is 2.82. The van der Waals surface area contributed by atoms with Gasteiger partial charge in [-0.25, -0.2) is 0 Å². The largest absolute Gasteiger partial charge is 0.508 e. The van der Waals surface area contributed by atoms with Crippen molar-refractivity contribution < 1.29 is 9.90 Å². The molecule has 0 radical (unpaired) electrons. The van der Waals surface area contributed by atoms with Gasteiger partial charge in [0.05, 0.1) is 0 Å². The van der Waals surface area contributed by atoms with E-state index < -0.39 is 5.91 Å². The Balaban J connectivity index is 2.81. The number of benzene rings is 1. The fourth-order valence-electron chi connectivity index (χ4n) is 0.892. The predicted octanol–water partition coefficient (Wildman–Crippen LogP) is 1.99. The van der Waals surface area contributed by atoms with Crippen LogP contribution in [0.4, 0.5) is 5.69 Å². The van der Waals surface area contributed by atoms with Crippen LogP contribution in [-0.4, -0.2) is 11.0 Å². The Morgan fingerprint density at radius 3 is 2.86 bits per heavy atom. The lowest BCUT2D eigenvalue weighted by Gasteiger charge is -2.03. The third kappa shape index (κ3) is 2.79. The number of nitrogens with one attached hydrogen (secondary N) is 1. The smallest absolute Gasteiger partial charge is 0.301 e. The van der Waals surface area contributed by atoms with Gasteiger partial charge in [-0.3, -0.25) is 4.79 Å². The molecule has 1 aromatic rings. The summed E-state index contributed by atoms with van der Waals surface area (Å²) in [6.45, 7) is 1.78. The molecule has 0 aliphatic heterocycles. The number of hydrogen-bond acceptors (Lipinski definition) is 2. The zero-order valence-corrected chi connectivity index (χ0v) is 9.05. The molecular weight excluding hydrogens is 246 g/mol. The maximum atomic E-state index is 11.0. The number of aromatic hydroxyl groups is 1. The Labute approximate surface area is 90.3 Å². The Kier molecular flexibility index (Phi) is 3.55. The van der Waals surface area contributed by atoms with E-state index in [4.69, 9.17) is 0 Å². The molecule has 1 amide bonds. The summed E-state index contributed by atoms with van der Waals surface area (Å²) in [6, 6.07) is 4.89. The van der Waals surface area contributed by atoms with E-state index in [1.807, 2.05) is 0 Å². The number of rotatable bonds is 1. The molecular formula is C10H8BrNO2. The number of aryl methyl sites for hydroxylation is 1. The summed E-state index contributed by atoms with van der Waals surface area (Å²) in [5.74, 6) is 1.99. The van der Waals surface area contributed by atoms with Gasteiger partial charge in [0, 0.05) is 33.6 Å². The zero-order chi connectivity index (χ0) is 10.6. The molecule has 3 nitrogen and oxygen atoms in total. The van der Waals surface area contributed by atoms with Crippen LogP contribution in [0.1, 0.15) is 5.56 Å². The van der Waals surface area contributed by atoms with Crippen molar-refractivity contribution in [1.82, 2.24) is 0 Å². The van der Waals surface area contributed by atoms with Gasteiger partial charge in [-0.1, -0.05) is 6.07 Å². The molecule has 14 heavy (non-hydrogen) atoms. The summed E-state index contributed by atoms with van der Waals surface area (Å²) in [7, 11) is 0. The minimum Gasteiger partial charge on any atom is -0.508 e. The van der Waals surface area contributed by atoms with Gasteiger partial charge in [-0.2, -0.15) is 0 Å². The van der Waals surface area contributed by atoms with Gasteiger partial charge >= 0.3 is 5.91 Å². The second-order valence-electron chi connectivity index (χ2n) is 2.67. The minimum atomic E-state index is -0.426. The van der Waals surface area contributed by atoms with Gasteiger partial charge in [-0.05, 0) is 23.4 Å². The van der Waals surface area contributed by atoms with Crippen LogP contribution in [-0.2, 0) is 4.79 Å². The monoisotopic (exact) mass is 253 g/mol. The molecule has 1 aromatic carbocycles. The zero-order valence-electron chi connectivity index (χ0n) is 7.47. The molecule has 0 aliphatic carbocycles.